The van der Waals surface area contributed by atoms with Crippen LogP contribution in [0.1, 0.15) is 12.5 Å². The first kappa shape index (κ1) is 15.8. The average molecular weight is 394 g/mol. The molecule has 0 saturated carbocycles. The SMILES string of the molecule is CCn1ncc(C=NNc2nc(-c3ccc(Br)cc3)cs2)c1F. The fourth-order valence-electron chi connectivity index (χ4n) is 1.93. The minimum Gasteiger partial charge on any atom is -0.253 e. The molecule has 2 heterocycles. The van der Waals surface area contributed by atoms with Crippen molar-refractivity contribution in [2.45, 2.75) is 13.5 Å². The third-order valence-electron chi connectivity index (χ3n) is 3.11. The summed E-state index contributed by atoms with van der Waals surface area (Å²) < 4.78 is 16.1. The van der Waals surface area contributed by atoms with E-state index >= 15 is 0 Å². The number of benzene rings is 1. The molecule has 0 amide bonds. The van der Waals surface area contributed by atoms with E-state index in [9.17, 15) is 4.39 Å². The molecule has 23 heavy (non-hydrogen) atoms. The summed E-state index contributed by atoms with van der Waals surface area (Å²) in [5, 5.41) is 10.5. The Labute approximate surface area is 145 Å². The van der Waals surface area contributed by atoms with Crippen LogP contribution in [0, 0.1) is 5.95 Å². The summed E-state index contributed by atoms with van der Waals surface area (Å²) in [6, 6.07) is 7.91. The molecule has 0 aliphatic carbocycles. The van der Waals surface area contributed by atoms with Gasteiger partial charge in [0.15, 0.2) is 0 Å². The van der Waals surface area contributed by atoms with E-state index < -0.39 is 5.95 Å². The summed E-state index contributed by atoms with van der Waals surface area (Å²) in [7, 11) is 0. The highest BCUT2D eigenvalue weighted by Gasteiger charge is 2.07. The van der Waals surface area contributed by atoms with Crippen molar-refractivity contribution in [2.24, 2.45) is 5.10 Å². The number of rotatable bonds is 5. The Hall–Kier alpha value is -2.06. The monoisotopic (exact) mass is 393 g/mol. The molecule has 1 N–H and O–H groups in total. The number of halogens is 2. The molecular formula is C15H13BrFN5S. The Balaban J connectivity index is 1.68. The summed E-state index contributed by atoms with van der Waals surface area (Å²) >= 11 is 4.84. The molecule has 0 fully saturated rings. The summed E-state index contributed by atoms with van der Waals surface area (Å²) in [5.41, 5.74) is 5.04. The van der Waals surface area contributed by atoms with E-state index in [0.29, 0.717) is 17.2 Å². The molecule has 3 aromatic rings. The Morgan fingerprint density at radius 3 is 2.87 bits per heavy atom. The highest BCUT2D eigenvalue weighted by molar-refractivity contribution is 9.10. The van der Waals surface area contributed by atoms with Crippen LogP contribution in [0.25, 0.3) is 11.3 Å². The second-order valence-corrected chi connectivity index (χ2v) is 6.40. The van der Waals surface area contributed by atoms with Crippen LogP contribution in [0.2, 0.25) is 0 Å². The Bertz CT molecular complexity index is 825. The molecule has 0 radical (unpaired) electrons. The van der Waals surface area contributed by atoms with Gasteiger partial charge in [-0.3, -0.25) is 5.43 Å². The molecule has 0 spiro atoms. The lowest BCUT2D eigenvalue weighted by molar-refractivity contribution is 0.470. The van der Waals surface area contributed by atoms with Crippen molar-refractivity contribution in [3.63, 3.8) is 0 Å². The van der Waals surface area contributed by atoms with Crippen LogP contribution >= 0.6 is 27.3 Å². The minimum atomic E-state index is -0.396. The summed E-state index contributed by atoms with van der Waals surface area (Å²) in [6.45, 7) is 2.31. The van der Waals surface area contributed by atoms with Gasteiger partial charge in [0.25, 0.3) is 0 Å². The number of hydrogen-bond donors (Lipinski definition) is 1. The van der Waals surface area contributed by atoms with Crippen molar-refractivity contribution in [2.75, 3.05) is 5.43 Å². The number of thiazole rings is 1. The van der Waals surface area contributed by atoms with E-state index in [2.05, 4.69) is 36.5 Å². The fraction of sp³-hybridized carbons (Fsp3) is 0.133. The molecule has 0 bridgehead atoms. The average Bonchev–Trinajstić information content (AvgIpc) is 3.16. The zero-order valence-electron chi connectivity index (χ0n) is 12.2. The van der Waals surface area contributed by atoms with Crippen molar-refractivity contribution < 1.29 is 4.39 Å². The van der Waals surface area contributed by atoms with Gasteiger partial charge in [-0.25, -0.2) is 9.67 Å². The summed E-state index contributed by atoms with van der Waals surface area (Å²) in [5.74, 6) is -0.396. The maximum Gasteiger partial charge on any atom is 0.220 e. The lowest BCUT2D eigenvalue weighted by Gasteiger charge is -1.96. The first-order chi connectivity index (χ1) is 11.2. The largest absolute Gasteiger partial charge is 0.253 e. The van der Waals surface area contributed by atoms with Gasteiger partial charge in [-0.05, 0) is 19.1 Å². The number of aryl methyl sites for hydroxylation is 1. The molecular weight excluding hydrogens is 381 g/mol. The summed E-state index contributed by atoms with van der Waals surface area (Å²) in [6.07, 6.45) is 2.84. The van der Waals surface area contributed by atoms with Gasteiger partial charge >= 0.3 is 0 Å². The highest BCUT2D eigenvalue weighted by Crippen LogP contribution is 2.26. The standard InChI is InChI=1S/C15H13BrFN5S/c1-2-22-14(17)11(8-19-22)7-18-21-15-20-13(9-23-15)10-3-5-12(16)6-4-10/h3-9H,2H2,1H3,(H,20,21). The van der Waals surface area contributed by atoms with Gasteiger partial charge in [0.1, 0.15) is 0 Å². The first-order valence-electron chi connectivity index (χ1n) is 6.89. The number of nitrogens with one attached hydrogen (secondary N) is 1. The van der Waals surface area contributed by atoms with Gasteiger partial charge in [0.05, 0.1) is 23.7 Å². The smallest absolute Gasteiger partial charge is 0.220 e. The second-order valence-electron chi connectivity index (χ2n) is 4.62. The van der Waals surface area contributed by atoms with Crippen LogP contribution in [0.15, 0.2) is 45.4 Å². The maximum atomic E-state index is 13.8. The van der Waals surface area contributed by atoms with E-state index in [1.165, 1.54) is 28.4 Å². The van der Waals surface area contributed by atoms with Gasteiger partial charge in [-0.15, -0.1) is 11.3 Å². The van der Waals surface area contributed by atoms with Crippen LogP contribution in [0.5, 0.6) is 0 Å². The van der Waals surface area contributed by atoms with Gasteiger partial charge in [-0.1, -0.05) is 28.1 Å². The van der Waals surface area contributed by atoms with E-state index in [1.807, 2.05) is 36.6 Å². The second kappa shape index (κ2) is 7.01. The molecule has 0 aliphatic rings. The molecule has 5 nitrogen and oxygen atoms in total. The lowest BCUT2D eigenvalue weighted by Crippen LogP contribution is -2.00. The van der Waals surface area contributed by atoms with Gasteiger partial charge in [0, 0.05) is 22.0 Å². The van der Waals surface area contributed by atoms with Crippen LogP contribution in [0.3, 0.4) is 0 Å². The molecule has 3 rings (SSSR count). The van der Waals surface area contributed by atoms with Crippen LogP contribution in [-0.4, -0.2) is 21.0 Å². The fourth-order valence-corrected chi connectivity index (χ4v) is 2.86. The van der Waals surface area contributed by atoms with Crippen LogP contribution in [-0.2, 0) is 6.54 Å². The third kappa shape index (κ3) is 3.65. The zero-order chi connectivity index (χ0) is 16.2. The minimum absolute atomic E-state index is 0.337. The predicted molar refractivity (Wildman–Crippen MR) is 94.3 cm³/mol. The molecule has 0 unspecified atom stereocenters. The first-order valence-corrected chi connectivity index (χ1v) is 8.56. The van der Waals surface area contributed by atoms with Crippen molar-refractivity contribution in [1.29, 1.82) is 0 Å². The topological polar surface area (TPSA) is 55.1 Å². The molecule has 0 atom stereocenters. The Morgan fingerprint density at radius 2 is 2.17 bits per heavy atom. The number of anilines is 1. The quantitative estimate of drug-likeness (QED) is 0.516. The zero-order valence-corrected chi connectivity index (χ0v) is 14.6. The number of aromatic nitrogens is 3. The number of hydrogen-bond acceptors (Lipinski definition) is 5. The van der Waals surface area contributed by atoms with Crippen molar-refractivity contribution in [3.8, 4) is 11.3 Å². The molecule has 8 heteroatoms. The van der Waals surface area contributed by atoms with E-state index in [1.54, 1.807) is 0 Å². The number of hydrazone groups is 1. The van der Waals surface area contributed by atoms with Crippen LogP contribution < -0.4 is 5.43 Å². The maximum absolute atomic E-state index is 13.8. The molecule has 0 aliphatic heterocycles. The predicted octanol–water partition coefficient (Wildman–Crippen LogP) is 4.37. The Morgan fingerprint density at radius 1 is 1.39 bits per heavy atom. The van der Waals surface area contributed by atoms with Gasteiger partial charge < -0.3 is 0 Å². The molecule has 0 saturated heterocycles. The van der Waals surface area contributed by atoms with Gasteiger partial charge in [-0.2, -0.15) is 14.6 Å². The summed E-state index contributed by atoms with van der Waals surface area (Å²) in [4.78, 5) is 4.45. The van der Waals surface area contributed by atoms with Crippen LogP contribution in [0.4, 0.5) is 9.52 Å². The van der Waals surface area contributed by atoms with E-state index in [-0.39, 0.29) is 0 Å². The van der Waals surface area contributed by atoms with E-state index in [0.717, 1.165) is 15.7 Å². The normalized spacial score (nSPS) is 11.3. The van der Waals surface area contributed by atoms with Gasteiger partial charge in [0.2, 0.25) is 11.1 Å². The highest BCUT2D eigenvalue weighted by atomic mass is 79.9. The molecule has 118 valence electrons. The van der Waals surface area contributed by atoms with Crippen molar-refractivity contribution in [3.05, 3.63) is 51.8 Å². The third-order valence-corrected chi connectivity index (χ3v) is 4.38. The lowest BCUT2D eigenvalue weighted by atomic mass is 10.2. The van der Waals surface area contributed by atoms with E-state index in [4.69, 9.17) is 0 Å². The Kier molecular flexibility index (Phi) is 4.82. The van der Waals surface area contributed by atoms with Crippen molar-refractivity contribution >= 4 is 38.6 Å². The molecule has 2 aromatic heterocycles. The number of nitrogens with zero attached hydrogens (tertiary/aromatic N) is 4. The van der Waals surface area contributed by atoms with Crippen molar-refractivity contribution in [1.82, 2.24) is 14.8 Å². The molecule has 1 aromatic carbocycles.